The van der Waals surface area contributed by atoms with Crippen LogP contribution in [0.1, 0.15) is 26.7 Å². The third-order valence-electron chi connectivity index (χ3n) is 2.45. The van der Waals surface area contributed by atoms with Crippen LogP contribution in [0.15, 0.2) is 0 Å². The second-order valence-corrected chi connectivity index (χ2v) is 4.11. The average molecular weight is 187 g/mol. The molecule has 13 heavy (non-hydrogen) atoms. The van der Waals surface area contributed by atoms with E-state index in [0.29, 0.717) is 6.54 Å². The quantitative estimate of drug-likeness (QED) is 0.688. The summed E-state index contributed by atoms with van der Waals surface area (Å²) < 4.78 is 16.9. The van der Waals surface area contributed by atoms with Crippen molar-refractivity contribution in [2.24, 2.45) is 5.73 Å². The molecule has 0 saturated carbocycles. The molecule has 0 spiro atoms. The van der Waals surface area contributed by atoms with Gasteiger partial charge in [-0.15, -0.1) is 0 Å². The van der Waals surface area contributed by atoms with Crippen molar-refractivity contribution in [3.63, 3.8) is 0 Å². The molecule has 0 radical (unpaired) electrons. The Balaban J connectivity index is 1.90. The monoisotopic (exact) mass is 187 g/mol. The summed E-state index contributed by atoms with van der Waals surface area (Å²) >= 11 is 0. The van der Waals surface area contributed by atoms with Gasteiger partial charge in [-0.1, -0.05) is 0 Å². The topological polar surface area (TPSA) is 53.7 Å². The Morgan fingerprint density at radius 3 is 2.77 bits per heavy atom. The lowest BCUT2D eigenvalue weighted by atomic mass is 10.1. The van der Waals surface area contributed by atoms with Gasteiger partial charge in [0, 0.05) is 6.42 Å². The summed E-state index contributed by atoms with van der Waals surface area (Å²) in [5.41, 5.74) is 5.45. The third kappa shape index (κ3) is 1.86. The first-order valence-electron chi connectivity index (χ1n) is 4.82. The van der Waals surface area contributed by atoms with E-state index in [1.807, 2.05) is 13.8 Å². The fourth-order valence-electron chi connectivity index (χ4n) is 1.95. The first-order valence-corrected chi connectivity index (χ1v) is 4.82. The highest BCUT2D eigenvalue weighted by Crippen LogP contribution is 2.37. The van der Waals surface area contributed by atoms with Crippen molar-refractivity contribution in [2.45, 2.75) is 51.0 Å². The highest BCUT2D eigenvalue weighted by molar-refractivity contribution is 4.85. The van der Waals surface area contributed by atoms with Crippen molar-refractivity contribution in [1.29, 1.82) is 0 Å². The molecule has 2 rings (SSSR count). The van der Waals surface area contributed by atoms with E-state index >= 15 is 0 Å². The average Bonchev–Trinajstić information content (AvgIpc) is 2.41. The van der Waals surface area contributed by atoms with E-state index < -0.39 is 5.79 Å². The van der Waals surface area contributed by atoms with Gasteiger partial charge in [0.15, 0.2) is 12.1 Å². The summed E-state index contributed by atoms with van der Waals surface area (Å²) in [5, 5.41) is 0. The third-order valence-corrected chi connectivity index (χ3v) is 2.45. The molecule has 0 aromatic heterocycles. The summed E-state index contributed by atoms with van der Waals surface area (Å²) in [7, 11) is 0. The van der Waals surface area contributed by atoms with Gasteiger partial charge in [0.25, 0.3) is 0 Å². The summed E-state index contributed by atoms with van der Waals surface area (Å²) in [4.78, 5) is 0. The number of hydrogen-bond donors (Lipinski definition) is 1. The molecule has 2 aliphatic rings. The van der Waals surface area contributed by atoms with E-state index in [2.05, 4.69) is 0 Å². The predicted octanol–water partition coefficient (Wildman–Crippen LogP) is 0.602. The number of rotatable bonds is 2. The van der Waals surface area contributed by atoms with Crippen LogP contribution >= 0.6 is 0 Å². The minimum atomic E-state index is -0.483. The van der Waals surface area contributed by atoms with Gasteiger partial charge in [-0.3, -0.25) is 0 Å². The van der Waals surface area contributed by atoms with E-state index in [-0.39, 0.29) is 18.5 Å². The number of ether oxygens (including phenoxy) is 3. The van der Waals surface area contributed by atoms with Crippen molar-refractivity contribution >= 4 is 0 Å². The van der Waals surface area contributed by atoms with Gasteiger partial charge in [-0.25, -0.2) is 0 Å². The number of hydrogen-bond acceptors (Lipinski definition) is 4. The second kappa shape index (κ2) is 3.20. The molecule has 0 aliphatic carbocycles. The first-order chi connectivity index (χ1) is 6.11. The fraction of sp³-hybridized carbons (Fsp3) is 1.00. The van der Waals surface area contributed by atoms with Crippen LogP contribution in [0.25, 0.3) is 0 Å². The van der Waals surface area contributed by atoms with Crippen LogP contribution in [0.4, 0.5) is 0 Å². The summed E-state index contributed by atoms with van der Waals surface area (Å²) in [6.07, 6.45) is 1.94. The summed E-state index contributed by atoms with van der Waals surface area (Å²) in [5.74, 6) is -0.483. The molecule has 0 amide bonds. The largest absolute Gasteiger partial charge is 0.346 e. The Bertz CT molecular complexity index is 179. The van der Waals surface area contributed by atoms with Crippen LogP contribution in [0.2, 0.25) is 0 Å². The van der Waals surface area contributed by atoms with E-state index in [4.69, 9.17) is 19.9 Å². The van der Waals surface area contributed by atoms with Crippen LogP contribution in [-0.4, -0.2) is 30.8 Å². The zero-order valence-corrected chi connectivity index (χ0v) is 8.16. The molecule has 2 fully saturated rings. The fourth-order valence-corrected chi connectivity index (χ4v) is 1.95. The maximum absolute atomic E-state index is 5.66. The van der Waals surface area contributed by atoms with Crippen molar-refractivity contribution in [3.8, 4) is 0 Å². The lowest BCUT2D eigenvalue weighted by molar-refractivity contribution is -0.204. The van der Waals surface area contributed by atoms with Gasteiger partial charge in [0.1, 0.15) is 6.10 Å². The SMILES string of the molecule is CC1(C)OC2C[C@@H](CCN)O[C@@H]2O1. The normalized spacial score (nSPS) is 42.2. The van der Waals surface area contributed by atoms with Gasteiger partial charge in [-0.2, -0.15) is 0 Å². The molecular weight excluding hydrogens is 170 g/mol. The Morgan fingerprint density at radius 2 is 2.15 bits per heavy atom. The maximum Gasteiger partial charge on any atom is 0.187 e. The van der Waals surface area contributed by atoms with Crippen LogP contribution in [0.5, 0.6) is 0 Å². The highest BCUT2D eigenvalue weighted by Gasteiger charge is 2.48. The first kappa shape index (κ1) is 9.40. The summed E-state index contributed by atoms with van der Waals surface area (Å²) in [6.45, 7) is 4.48. The van der Waals surface area contributed by atoms with Crippen LogP contribution in [0, 0.1) is 0 Å². The van der Waals surface area contributed by atoms with Crippen molar-refractivity contribution in [2.75, 3.05) is 6.54 Å². The molecule has 0 aromatic carbocycles. The van der Waals surface area contributed by atoms with Gasteiger partial charge in [-0.05, 0) is 26.8 Å². The number of fused-ring (bicyclic) bond motifs is 1. The van der Waals surface area contributed by atoms with Crippen molar-refractivity contribution in [3.05, 3.63) is 0 Å². The van der Waals surface area contributed by atoms with Crippen LogP contribution in [0.3, 0.4) is 0 Å². The van der Waals surface area contributed by atoms with Crippen molar-refractivity contribution in [1.82, 2.24) is 0 Å². The number of nitrogens with two attached hydrogens (primary N) is 1. The van der Waals surface area contributed by atoms with E-state index in [1.54, 1.807) is 0 Å². The maximum atomic E-state index is 5.66. The molecule has 4 nitrogen and oxygen atoms in total. The Hall–Kier alpha value is -0.160. The molecule has 2 aliphatic heterocycles. The summed E-state index contributed by atoms with van der Waals surface area (Å²) in [6, 6.07) is 0. The Morgan fingerprint density at radius 1 is 1.38 bits per heavy atom. The minimum Gasteiger partial charge on any atom is -0.346 e. The van der Waals surface area contributed by atoms with Gasteiger partial charge < -0.3 is 19.9 Å². The molecule has 2 N–H and O–H groups in total. The Labute approximate surface area is 78.3 Å². The van der Waals surface area contributed by atoms with Gasteiger partial charge in [0.2, 0.25) is 0 Å². The van der Waals surface area contributed by atoms with Gasteiger partial charge >= 0.3 is 0 Å². The molecule has 0 aromatic rings. The van der Waals surface area contributed by atoms with Crippen LogP contribution in [-0.2, 0) is 14.2 Å². The van der Waals surface area contributed by atoms with Gasteiger partial charge in [0.05, 0.1) is 6.10 Å². The highest BCUT2D eigenvalue weighted by atomic mass is 16.8. The van der Waals surface area contributed by atoms with Crippen molar-refractivity contribution < 1.29 is 14.2 Å². The molecule has 76 valence electrons. The zero-order chi connectivity index (χ0) is 9.47. The lowest BCUT2D eigenvalue weighted by Gasteiger charge is -2.20. The molecule has 4 heteroatoms. The second-order valence-electron chi connectivity index (χ2n) is 4.11. The lowest BCUT2D eigenvalue weighted by Crippen LogP contribution is -2.25. The molecule has 1 unspecified atom stereocenters. The van der Waals surface area contributed by atoms with Crippen LogP contribution < -0.4 is 5.73 Å². The molecule has 2 saturated heterocycles. The van der Waals surface area contributed by atoms with E-state index in [9.17, 15) is 0 Å². The molecule has 0 bridgehead atoms. The molecule has 3 atom stereocenters. The molecular formula is C9H17NO3. The molecule has 2 heterocycles. The zero-order valence-electron chi connectivity index (χ0n) is 8.16. The van der Waals surface area contributed by atoms with E-state index in [1.165, 1.54) is 0 Å². The predicted molar refractivity (Wildman–Crippen MR) is 47.0 cm³/mol. The standard InChI is InChI=1S/C9H17NO3/c1-9(2)12-7-5-6(3-4-10)11-8(7)13-9/h6-8H,3-5,10H2,1-2H3/t6-,7?,8-/m1/s1. The Kier molecular flexibility index (Phi) is 2.32. The smallest absolute Gasteiger partial charge is 0.187 e. The minimum absolute atomic E-state index is 0.103. The van der Waals surface area contributed by atoms with E-state index in [0.717, 1.165) is 12.8 Å².